The Labute approximate surface area is 208 Å². The first-order chi connectivity index (χ1) is 17.0. The van der Waals surface area contributed by atoms with Gasteiger partial charge in [0, 0.05) is 5.69 Å². The molecule has 0 aliphatic heterocycles. The van der Waals surface area contributed by atoms with Gasteiger partial charge in [-0.2, -0.15) is 4.80 Å². The molecular weight excluding hydrogens is 460 g/mol. The summed E-state index contributed by atoms with van der Waals surface area (Å²) >= 11 is 6.28. The van der Waals surface area contributed by atoms with Crippen molar-refractivity contribution in [3.8, 4) is 11.4 Å². The van der Waals surface area contributed by atoms with Crippen molar-refractivity contribution in [3.05, 3.63) is 113 Å². The van der Waals surface area contributed by atoms with Crippen LogP contribution in [-0.2, 0) is 4.79 Å². The topological polar surface area (TPSA) is 69.0 Å². The number of benzene rings is 4. The van der Waals surface area contributed by atoms with Gasteiger partial charge in [0.25, 0.3) is 0 Å². The van der Waals surface area contributed by atoms with Crippen LogP contribution in [0, 0.1) is 6.92 Å². The first-order valence-corrected chi connectivity index (χ1v) is 11.5. The zero-order valence-electron chi connectivity index (χ0n) is 19.3. The Balaban J connectivity index is 1.48. The minimum atomic E-state index is -0.440. The monoisotopic (exact) mass is 482 g/mol. The zero-order valence-corrected chi connectivity index (χ0v) is 20.0. The molecule has 0 spiro atoms. The van der Waals surface area contributed by atoms with Gasteiger partial charge in [0.1, 0.15) is 16.8 Å². The molecule has 1 heterocycles. The van der Waals surface area contributed by atoms with Crippen LogP contribution in [-0.4, -0.2) is 28.0 Å². The molecular formula is C28H23ClN4O2. The average Bonchev–Trinajstić information content (AvgIpc) is 3.28. The summed E-state index contributed by atoms with van der Waals surface area (Å²) in [5.74, 6) is 0.0307. The molecule has 0 bridgehead atoms. The fourth-order valence-electron chi connectivity index (χ4n) is 4.09. The molecule has 0 unspecified atom stereocenters. The third kappa shape index (κ3) is 4.61. The predicted molar refractivity (Wildman–Crippen MR) is 139 cm³/mol. The van der Waals surface area contributed by atoms with Gasteiger partial charge in [-0.25, -0.2) is 0 Å². The van der Waals surface area contributed by atoms with Crippen LogP contribution in [0.1, 0.15) is 22.6 Å². The largest absolute Gasteiger partial charge is 0.495 e. The van der Waals surface area contributed by atoms with Crippen LogP contribution in [0.2, 0.25) is 5.02 Å². The van der Waals surface area contributed by atoms with E-state index in [2.05, 4.69) is 15.5 Å². The van der Waals surface area contributed by atoms with Crippen molar-refractivity contribution < 1.29 is 9.53 Å². The second kappa shape index (κ2) is 9.60. The number of rotatable bonds is 6. The van der Waals surface area contributed by atoms with E-state index >= 15 is 0 Å². The van der Waals surface area contributed by atoms with Crippen LogP contribution in [0.5, 0.6) is 5.75 Å². The quantitative estimate of drug-likeness (QED) is 0.314. The molecule has 0 aliphatic carbocycles. The number of amides is 1. The number of hydrogen-bond acceptors (Lipinski definition) is 4. The molecule has 4 aromatic carbocycles. The Morgan fingerprint density at radius 3 is 2.06 bits per heavy atom. The predicted octanol–water partition coefficient (Wildman–Crippen LogP) is 6.16. The number of nitrogens with one attached hydrogen (secondary N) is 1. The Morgan fingerprint density at radius 1 is 0.886 bits per heavy atom. The number of nitrogens with zero attached hydrogens (tertiary/aromatic N) is 3. The lowest BCUT2D eigenvalue weighted by Crippen LogP contribution is -2.22. The Kier molecular flexibility index (Phi) is 6.21. The number of methoxy groups -OCH3 is 1. The van der Waals surface area contributed by atoms with Crippen LogP contribution in [0.15, 0.2) is 91.0 Å². The number of fused-ring (bicyclic) bond motifs is 1. The summed E-state index contributed by atoms with van der Waals surface area (Å²) in [5.41, 5.74) is 5.53. The van der Waals surface area contributed by atoms with E-state index in [9.17, 15) is 4.79 Å². The fourth-order valence-corrected chi connectivity index (χ4v) is 4.34. The summed E-state index contributed by atoms with van der Waals surface area (Å²) in [6, 6.07) is 28.7. The van der Waals surface area contributed by atoms with E-state index in [1.165, 1.54) is 4.80 Å². The van der Waals surface area contributed by atoms with Crippen molar-refractivity contribution in [3.63, 3.8) is 0 Å². The van der Waals surface area contributed by atoms with Gasteiger partial charge in [-0.3, -0.25) is 4.79 Å². The van der Waals surface area contributed by atoms with Crippen LogP contribution in [0.4, 0.5) is 5.69 Å². The maximum Gasteiger partial charge on any atom is 0.236 e. The molecule has 5 aromatic rings. The highest BCUT2D eigenvalue weighted by Crippen LogP contribution is 2.30. The molecule has 5 rings (SSSR count). The van der Waals surface area contributed by atoms with Gasteiger partial charge >= 0.3 is 0 Å². The highest BCUT2D eigenvalue weighted by atomic mass is 35.5. The van der Waals surface area contributed by atoms with E-state index in [-0.39, 0.29) is 5.91 Å². The number of ether oxygens (including phenoxy) is 1. The number of aromatic nitrogens is 3. The van der Waals surface area contributed by atoms with Crippen molar-refractivity contribution in [1.29, 1.82) is 0 Å². The van der Waals surface area contributed by atoms with Crippen molar-refractivity contribution in [2.75, 3.05) is 12.4 Å². The normalized spacial score (nSPS) is 11.1. The second-order valence-corrected chi connectivity index (χ2v) is 8.61. The van der Waals surface area contributed by atoms with Gasteiger partial charge in [-0.15, -0.1) is 10.2 Å². The van der Waals surface area contributed by atoms with Crippen LogP contribution >= 0.6 is 11.6 Å². The molecule has 0 aliphatic rings. The molecule has 0 atom stereocenters. The number of anilines is 1. The molecule has 174 valence electrons. The van der Waals surface area contributed by atoms with E-state index in [0.29, 0.717) is 27.7 Å². The Hall–Kier alpha value is -4.16. The van der Waals surface area contributed by atoms with Crippen LogP contribution < -0.4 is 10.1 Å². The highest BCUT2D eigenvalue weighted by Gasteiger charge is 2.23. The smallest absolute Gasteiger partial charge is 0.236 e. The third-order valence-corrected chi connectivity index (χ3v) is 6.17. The number of aryl methyl sites for hydroxylation is 1. The molecule has 1 amide bonds. The molecule has 0 radical (unpaired) electrons. The zero-order chi connectivity index (χ0) is 24.4. The van der Waals surface area contributed by atoms with Gasteiger partial charge in [0.2, 0.25) is 5.91 Å². The summed E-state index contributed by atoms with van der Waals surface area (Å²) in [6.07, 6.45) is 0. The molecule has 0 saturated heterocycles. The van der Waals surface area contributed by atoms with Crippen molar-refractivity contribution in [1.82, 2.24) is 15.0 Å². The van der Waals surface area contributed by atoms with Gasteiger partial charge < -0.3 is 10.1 Å². The Morgan fingerprint density at radius 2 is 1.49 bits per heavy atom. The molecule has 0 fully saturated rings. The molecule has 1 N–H and O–H groups in total. The SMILES string of the molecule is COc1ccc(-n2nc3cc(C)c(NC(=O)C(c4ccccc4)c4ccccc4)cc3n2)cc1Cl. The third-order valence-electron chi connectivity index (χ3n) is 5.88. The fraction of sp³-hybridized carbons (Fsp3) is 0.107. The maximum atomic E-state index is 13.5. The minimum Gasteiger partial charge on any atom is -0.495 e. The minimum absolute atomic E-state index is 0.112. The van der Waals surface area contributed by atoms with E-state index in [0.717, 1.165) is 22.2 Å². The van der Waals surface area contributed by atoms with Crippen molar-refractivity contribution >= 4 is 34.2 Å². The molecule has 35 heavy (non-hydrogen) atoms. The summed E-state index contributed by atoms with van der Waals surface area (Å²) in [4.78, 5) is 15.1. The standard InChI is InChI=1S/C28H23ClN4O2/c1-18-15-24-25(32-33(31-24)21-13-14-26(35-2)22(29)16-21)17-23(18)30-28(34)27(19-9-5-3-6-10-19)20-11-7-4-8-12-20/h3-17,27H,1-2H3,(H,30,34). The highest BCUT2D eigenvalue weighted by molar-refractivity contribution is 6.32. The summed E-state index contributed by atoms with van der Waals surface area (Å²) < 4.78 is 5.22. The Bertz CT molecular complexity index is 1460. The first-order valence-electron chi connectivity index (χ1n) is 11.2. The number of halogens is 1. The van der Waals surface area contributed by atoms with E-state index in [1.54, 1.807) is 19.2 Å². The second-order valence-electron chi connectivity index (χ2n) is 8.21. The van der Waals surface area contributed by atoms with Crippen LogP contribution in [0.25, 0.3) is 16.7 Å². The lowest BCUT2D eigenvalue weighted by atomic mass is 9.90. The molecule has 0 saturated carbocycles. The number of carbonyl (C=O) groups excluding carboxylic acids is 1. The first kappa shape index (κ1) is 22.6. The molecule has 6 nitrogen and oxygen atoms in total. The van der Waals surface area contributed by atoms with Gasteiger partial charge in [-0.05, 0) is 53.9 Å². The van der Waals surface area contributed by atoms with Crippen molar-refractivity contribution in [2.45, 2.75) is 12.8 Å². The molecule has 1 aromatic heterocycles. The van der Waals surface area contributed by atoms with Crippen molar-refractivity contribution in [2.24, 2.45) is 0 Å². The van der Waals surface area contributed by atoms with Gasteiger partial charge in [-0.1, -0.05) is 72.3 Å². The van der Waals surface area contributed by atoms with Crippen LogP contribution in [0.3, 0.4) is 0 Å². The maximum absolute atomic E-state index is 13.5. The summed E-state index contributed by atoms with van der Waals surface area (Å²) in [7, 11) is 1.57. The number of hydrogen-bond donors (Lipinski definition) is 1. The number of carbonyl (C=O) groups is 1. The summed E-state index contributed by atoms with van der Waals surface area (Å²) in [6.45, 7) is 1.94. The lowest BCUT2D eigenvalue weighted by Gasteiger charge is -2.18. The molecule has 7 heteroatoms. The van der Waals surface area contributed by atoms with E-state index in [4.69, 9.17) is 16.3 Å². The summed E-state index contributed by atoms with van der Waals surface area (Å²) in [5, 5.41) is 12.8. The van der Waals surface area contributed by atoms with E-state index < -0.39 is 5.92 Å². The lowest BCUT2D eigenvalue weighted by molar-refractivity contribution is -0.116. The van der Waals surface area contributed by atoms with Gasteiger partial charge in [0.15, 0.2) is 0 Å². The van der Waals surface area contributed by atoms with E-state index in [1.807, 2.05) is 85.8 Å². The average molecular weight is 483 g/mol. The van der Waals surface area contributed by atoms with Gasteiger partial charge in [0.05, 0.1) is 23.7 Å².